The van der Waals surface area contributed by atoms with E-state index < -0.39 is 34.7 Å². The van der Waals surface area contributed by atoms with E-state index >= 15 is 0 Å². The fourth-order valence-electron chi connectivity index (χ4n) is 1.84. The molecule has 1 amide bonds. The van der Waals surface area contributed by atoms with Gasteiger partial charge in [0.25, 0.3) is 5.91 Å². The van der Waals surface area contributed by atoms with Gasteiger partial charge in [0, 0.05) is 18.1 Å². The molecule has 0 radical (unpaired) electrons. The quantitative estimate of drug-likeness (QED) is 0.780. The second-order valence-electron chi connectivity index (χ2n) is 5.02. The third kappa shape index (κ3) is 4.60. The molecule has 1 heterocycles. The summed E-state index contributed by atoms with van der Waals surface area (Å²) in [7, 11) is 0. The number of amides is 1. The van der Waals surface area contributed by atoms with E-state index in [2.05, 4.69) is 15.3 Å². The van der Waals surface area contributed by atoms with Crippen molar-refractivity contribution in [2.24, 2.45) is 0 Å². The largest absolute Gasteiger partial charge is 0.448 e. The molecule has 11 heteroatoms. The van der Waals surface area contributed by atoms with Gasteiger partial charge in [0.15, 0.2) is 17.6 Å². The van der Waals surface area contributed by atoms with Gasteiger partial charge in [0.2, 0.25) is 0 Å². The first-order valence-corrected chi connectivity index (χ1v) is 7.42. The maximum atomic E-state index is 12.8. The molecule has 3 N–H and O–H groups in total. The van der Waals surface area contributed by atoms with Gasteiger partial charge in [-0.3, -0.25) is 4.79 Å². The SMILES string of the molecule is C[C@@H](OC(=O)c1nccnc1N)C(=O)Nc1ccc(Cl)c(C(F)(F)F)c1. The molecule has 1 aromatic carbocycles. The van der Waals surface area contributed by atoms with Crippen molar-refractivity contribution in [1.29, 1.82) is 0 Å². The lowest BCUT2D eigenvalue weighted by Gasteiger charge is -2.15. The summed E-state index contributed by atoms with van der Waals surface area (Å²) >= 11 is 5.50. The van der Waals surface area contributed by atoms with Crippen molar-refractivity contribution < 1.29 is 27.5 Å². The Balaban J connectivity index is 2.08. The molecule has 2 aromatic rings. The van der Waals surface area contributed by atoms with Crippen molar-refractivity contribution in [3.05, 3.63) is 46.9 Å². The number of hydrogen-bond donors (Lipinski definition) is 2. The number of carbonyl (C=O) groups is 2. The van der Waals surface area contributed by atoms with Gasteiger partial charge in [-0.25, -0.2) is 14.8 Å². The van der Waals surface area contributed by atoms with Crippen LogP contribution in [-0.2, 0) is 15.7 Å². The van der Waals surface area contributed by atoms with Crippen molar-refractivity contribution in [3.63, 3.8) is 0 Å². The van der Waals surface area contributed by atoms with E-state index in [0.717, 1.165) is 6.07 Å². The number of esters is 1. The van der Waals surface area contributed by atoms with Crippen LogP contribution in [0.1, 0.15) is 23.0 Å². The Morgan fingerprint density at radius 1 is 1.27 bits per heavy atom. The summed E-state index contributed by atoms with van der Waals surface area (Å²) in [5.41, 5.74) is 3.93. The summed E-state index contributed by atoms with van der Waals surface area (Å²) in [5, 5.41) is 1.70. The molecule has 0 aliphatic carbocycles. The molecule has 0 bridgehead atoms. The molecule has 1 atom stereocenters. The molecular formula is C15H12ClF3N4O3. The van der Waals surface area contributed by atoms with Crippen molar-refractivity contribution in [2.75, 3.05) is 11.1 Å². The Morgan fingerprint density at radius 3 is 2.54 bits per heavy atom. The van der Waals surface area contributed by atoms with Crippen LogP contribution in [0.25, 0.3) is 0 Å². The lowest BCUT2D eigenvalue weighted by atomic mass is 10.2. The highest BCUT2D eigenvalue weighted by molar-refractivity contribution is 6.31. The first kappa shape index (κ1) is 19.4. The van der Waals surface area contributed by atoms with Gasteiger partial charge in [-0.1, -0.05) is 11.6 Å². The molecule has 1 aromatic heterocycles. The number of nitrogens with zero attached hydrogens (tertiary/aromatic N) is 2. The maximum absolute atomic E-state index is 12.8. The van der Waals surface area contributed by atoms with E-state index in [1.807, 2.05) is 0 Å². The Kier molecular flexibility index (Phi) is 5.66. The summed E-state index contributed by atoms with van der Waals surface area (Å²) in [4.78, 5) is 31.3. The summed E-state index contributed by atoms with van der Waals surface area (Å²) in [5.74, 6) is -2.03. The lowest BCUT2D eigenvalue weighted by Crippen LogP contribution is -2.30. The molecule has 0 spiro atoms. The van der Waals surface area contributed by atoms with Gasteiger partial charge < -0.3 is 15.8 Å². The predicted octanol–water partition coefficient (Wildman–Crippen LogP) is 2.92. The van der Waals surface area contributed by atoms with Crippen LogP contribution in [0, 0.1) is 0 Å². The number of alkyl halides is 3. The Morgan fingerprint density at radius 2 is 1.92 bits per heavy atom. The zero-order chi connectivity index (χ0) is 19.5. The number of halogens is 4. The minimum Gasteiger partial charge on any atom is -0.448 e. The van der Waals surface area contributed by atoms with Crippen LogP contribution in [-0.4, -0.2) is 27.9 Å². The summed E-state index contributed by atoms with van der Waals surface area (Å²) in [6, 6.07) is 2.86. The van der Waals surface area contributed by atoms with Crippen LogP contribution in [0.5, 0.6) is 0 Å². The standard InChI is InChI=1S/C15H12ClF3N4O3/c1-7(26-14(25)11-12(20)22-5-4-21-11)13(24)23-8-2-3-10(16)9(6-8)15(17,18)19/h2-7H,1H3,(H2,20,22)(H,23,24)/t7-/m1/s1. The highest BCUT2D eigenvalue weighted by atomic mass is 35.5. The monoisotopic (exact) mass is 388 g/mol. The number of rotatable bonds is 4. The van der Waals surface area contributed by atoms with E-state index in [9.17, 15) is 22.8 Å². The number of carbonyl (C=O) groups excluding carboxylic acids is 2. The van der Waals surface area contributed by atoms with E-state index in [0.29, 0.717) is 6.07 Å². The number of ether oxygens (including phenoxy) is 1. The predicted molar refractivity (Wildman–Crippen MR) is 86.4 cm³/mol. The highest BCUT2D eigenvalue weighted by Crippen LogP contribution is 2.36. The number of aromatic nitrogens is 2. The maximum Gasteiger partial charge on any atom is 0.417 e. The van der Waals surface area contributed by atoms with Crippen LogP contribution in [0.15, 0.2) is 30.6 Å². The topological polar surface area (TPSA) is 107 Å². The molecule has 0 saturated heterocycles. The zero-order valence-corrected chi connectivity index (χ0v) is 13.9. The van der Waals surface area contributed by atoms with Crippen molar-refractivity contribution >= 4 is 35.0 Å². The smallest absolute Gasteiger partial charge is 0.417 e. The Labute approximate surface area is 150 Å². The minimum atomic E-state index is -4.68. The third-order valence-electron chi connectivity index (χ3n) is 3.11. The first-order chi connectivity index (χ1) is 12.1. The van der Waals surface area contributed by atoms with E-state index in [1.54, 1.807) is 0 Å². The number of anilines is 2. The normalized spacial score (nSPS) is 12.3. The van der Waals surface area contributed by atoms with Gasteiger partial charge in [-0.15, -0.1) is 0 Å². The number of nitrogen functional groups attached to an aromatic ring is 1. The number of hydrogen-bond acceptors (Lipinski definition) is 6. The highest BCUT2D eigenvalue weighted by Gasteiger charge is 2.33. The Hall–Kier alpha value is -2.88. The summed E-state index contributed by atoms with van der Waals surface area (Å²) in [6.07, 6.45) is -3.53. The van der Waals surface area contributed by atoms with Crippen molar-refractivity contribution in [3.8, 4) is 0 Å². The average Bonchev–Trinajstić information content (AvgIpc) is 2.55. The fraction of sp³-hybridized carbons (Fsp3) is 0.200. The molecule has 0 aliphatic heterocycles. The molecule has 7 nitrogen and oxygen atoms in total. The molecule has 26 heavy (non-hydrogen) atoms. The van der Waals surface area contributed by atoms with Crippen LogP contribution in [0.4, 0.5) is 24.7 Å². The average molecular weight is 389 g/mol. The molecule has 0 unspecified atom stereocenters. The van der Waals surface area contributed by atoms with Gasteiger partial charge in [-0.05, 0) is 25.1 Å². The molecule has 0 saturated carbocycles. The molecule has 0 aliphatic rings. The molecule has 138 valence electrons. The van der Waals surface area contributed by atoms with E-state index in [4.69, 9.17) is 22.1 Å². The number of benzene rings is 1. The van der Waals surface area contributed by atoms with Crippen LogP contribution < -0.4 is 11.1 Å². The second kappa shape index (κ2) is 7.56. The number of nitrogens with one attached hydrogen (secondary N) is 1. The van der Waals surface area contributed by atoms with Crippen molar-refractivity contribution in [2.45, 2.75) is 19.2 Å². The molecular weight excluding hydrogens is 377 g/mol. The van der Waals surface area contributed by atoms with Gasteiger partial charge in [0.1, 0.15) is 0 Å². The van der Waals surface area contributed by atoms with Gasteiger partial charge in [-0.2, -0.15) is 13.2 Å². The van der Waals surface area contributed by atoms with Crippen molar-refractivity contribution in [1.82, 2.24) is 9.97 Å². The van der Waals surface area contributed by atoms with E-state index in [-0.39, 0.29) is 17.2 Å². The summed E-state index contributed by atoms with van der Waals surface area (Å²) < 4.78 is 43.4. The van der Waals surface area contributed by atoms with Gasteiger partial charge in [0.05, 0.1) is 10.6 Å². The second-order valence-corrected chi connectivity index (χ2v) is 5.43. The lowest BCUT2D eigenvalue weighted by molar-refractivity contribution is -0.137. The van der Waals surface area contributed by atoms with Crippen LogP contribution >= 0.6 is 11.6 Å². The van der Waals surface area contributed by atoms with Crippen LogP contribution in [0.3, 0.4) is 0 Å². The molecule has 2 rings (SSSR count). The fourth-order valence-corrected chi connectivity index (χ4v) is 2.06. The minimum absolute atomic E-state index is 0.159. The third-order valence-corrected chi connectivity index (χ3v) is 3.44. The zero-order valence-electron chi connectivity index (χ0n) is 13.2. The Bertz CT molecular complexity index is 845. The van der Waals surface area contributed by atoms with Crippen LogP contribution in [0.2, 0.25) is 5.02 Å². The van der Waals surface area contributed by atoms with Gasteiger partial charge >= 0.3 is 12.1 Å². The molecule has 0 fully saturated rings. The summed E-state index contributed by atoms with van der Waals surface area (Å²) in [6.45, 7) is 1.24. The number of nitrogens with two attached hydrogens (primary N) is 1. The van der Waals surface area contributed by atoms with E-state index in [1.165, 1.54) is 25.4 Å². The first-order valence-electron chi connectivity index (χ1n) is 7.04.